The van der Waals surface area contributed by atoms with Crippen LogP contribution in [0.1, 0.15) is 38.1 Å². The Morgan fingerprint density at radius 2 is 1.94 bits per heavy atom. The summed E-state index contributed by atoms with van der Waals surface area (Å²) in [5, 5.41) is 6.60. The fraction of sp³-hybridized carbons (Fsp3) is 0.385. The minimum Gasteiger partial charge on any atom is -0.381 e. The molecule has 0 radical (unpaired) electrons. The molecule has 0 bridgehead atoms. The number of benzene rings is 1. The third-order valence-electron chi connectivity index (χ3n) is 7.34. The van der Waals surface area contributed by atoms with Gasteiger partial charge in [0.2, 0.25) is 5.91 Å². The highest BCUT2D eigenvalue weighted by Crippen LogP contribution is 2.41. The molecule has 10 heteroatoms. The summed E-state index contributed by atoms with van der Waals surface area (Å²) < 4.78 is 7.46. The molecular weight excluding hydrogens is 456 g/mol. The zero-order chi connectivity index (χ0) is 25.0. The van der Waals surface area contributed by atoms with Crippen molar-refractivity contribution in [2.45, 2.75) is 57.8 Å². The number of methoxy groups -OCH3 is 1. The lowest BCUT2D eigenvalue weighted by Crippen LogP contribution is -2.56. The van der Waals surface area contributed by atoms with Crippen LogP contribution in [0, 0.1) is 6.92 Å². The molecule has 4 heterocycles. The van der Waals surface area contributed by atoms with Crippen LogP contribution in [0.3, 0.4) is 0 Å². The smallest absolute Gasteiger partial charge is 0.249 e. The van der Waals surface area contributed by atoms with Crippen molar-refractivity contribution in [3.8, 4) is 22.6 Å². The third kappa shape index (κ3) is 3.48. The summed E-state index contributed by atoms with van der Waals surface area (Å²) in [5.41, 5.74) is 4.73. The minimum absolute atomic E-state index is 0.0553. The number of ether oxygens (including phenoxy) is 1. The second kappa shape index (κ2) is 8.42. The van der Waals surface area contributed by atoms with Crippen LogP contribution in [0.25, 0.3) is 33.8 Å². The first-order valence-corrected chi connectivity index (χ1v) is 12.2. The first-order valence-electron chi connectivity index (χ1n) is 12.2. The van der Waals surface area contributed by atoms with Gasteiger partial charge in [0.15, 0.2) is 5.65 Å². The molecule has 1 aromatic carbocycles. The molecule has 2 aliphatic rings. The van der Waals surface area contributed by atoms with Gasteiger partial charge in [0.1, 0.15) is 34.7 Å². The number of nitrogens with zero attached hydrogens (tertiary/aromatic N) is 6. The third-order valence-corrected chi connectivity index (χ3v) is 7.34. The van der Waals surface area contributed by atoms with Gasteiger partial charge in [-0.3, -0.25) is 10.1 Å². The number of aromatic nitrogens is 6. The topological polar surface area (TPSA) is 120 Å². The van der Waals surface area contributed by atoms with Crippen molar-refractivity contribution < 1.29 is 9.53 Å². The van der Waals surface area contributed by atoms with E-state index < -0.39 is 5.54 Å². The Kier molecular flexibility index (Phi) is 5.31. The predicted molar refractivity (Wildman–Crippen MR) is 135 cm³/mol. The van der Waals surface area contributed by atoms with Crippen LogP contribution in [0.5, 0.6) is 0 Å². The standard InChI is InChI=1S/C26H28N8O2/c1-5-34-23(16-11-27-14(2)28-12-16)32-22-21(29-13-30-24(22)34)15-6-7-20-19(8-15)26(3,25(35)31-20)33-17-9-18(10-17)36-4/h6-8,11-13,17-18,33H,5,9-10H2,1-4H3,(H,31,35). The molecule has 4 aromatic rings. The van der Waals surface area contributed by atoms with Gasteiger partial charge in [-0.15, -0.1) is 0 Å². The van der Waals surface area contributed by atoms with Crippen LogP contribution in [-0.2, 0) is 21.6 Å². The van der Waals surface area contributed by atoms with Gasteiger partial charge in [-0.2, -0.15) is 0 Å². The Morgan fingerprint density at radius 3 is 2.67 bits per heavy atom. The monoisotopic (exact) mass is 484 g/mol. The largest absolute Gasteiger partial charge is 0.381 e. The molecule has 1 fully saturated rings. The summed E-state index contributed by atoms with van der Waals surface area (Å²) >= 11 is 0. The van der Waals surface area contributed by atoms with E-state index in [4.69, 9.17) is 9.72 Å². The second-order valence-corrected chi connectivity index (χ2v) is 9.60. The van der Waals surface area contributed by atoms with Gasteiger partial charge >= 0.3 is 0 Å². The highest BCUT2D eigenvalue weighted by molar-refractivity contribution is 6.06. The molecule has 1 amide bonds. The van der Waals surface area contributed by atoms with Crippen molar-refractivity contribution in [2.24, 2.45) is 0 Å². The predicted octanol–water partition coefficient (Wildman–Crippen LogP) is 3.21. The van der Waals surface area contributed by atoms with Gasteiger partial charge in [-0.05, 0) is 45.7 Å². The molecule has 1 saturated carbocycles. The van der Waals surface area contributed by atoms with Crippen LogP contribution in [0.2, 0.25) is 0 Å². The maximum atomic E-state index is 13.0. The van der Waals surface area contributed by atoms with Gasteiger partial charge in [0.05, 0.1) is 11.7 Å². The van der Waals surface area contributed by atoms with Crippen molar-refractivity contribution in [3.63, 3.8) is 0 Å². The molecule has 1 unspecified atom stereocenters. The zero-order valence-electron chi connectivity index (χ0n) is 20.7. The summed E-state index contributed by atoms with van der Waals surface area (Å²) in [7, 11) is 1.73. The van der Waals surface area contributed by atoms with E-state index >= 15 is 0 Å². The van der Waals surface area contributed by atoms with Gasteiger partial charge in [0, 0.05) is 48.9 Å². The van der Waals surface area contributed by atoms with E-state index in [0.717, 1.165) is 46.7 Å². The normalized spacial score (nSPS) is 22.9. The fourth-order valence-corrected chi connectivity index (χ4v) is 5.19. The Labute approximate surface area is 208 Å². The van der Waals surface area contributed by atoms with E-state index in [9.17, 15) is 4.79 Å². The van der Waals surface area contributed by atoms with Crippen molar-refractivity contribution >= 4 is 22.8 Å². The van der Waals surface area contributed by atoms with Crippen LogP contribution < -0.4 is 10.6 Å². The zero-order valence-corrected chi connectivity index (χ0v) is 20.7. The summed E-state index contributed by atoms with van der Waals surface area (Å²) in [5.74, 6) is 1.40. The van der Waals surface area contributed by atoms with E-state index in [0.29, 0.717) is 23.6 Å². The van der Waals surface area contributed by atoms with Gasteiger partial charge in [-0.25, -0.2) is 24.9 Å². The first-order chi connectivity index (χ1) is 17.4. The van der Waals surface area contributed by atoms with Crippen molar-refractivity contribution in [1.82, 2.24) is 34.8 Å². The van der Waals surface area contributed by atoms with Crippen molar-refractivity contribution in [1.29, 1.82) is 0 Å². The number of rotatable bonds is 6. The minimum atomic E-state index is -0.839. The van der Waals surface area contributed by atoms with E-state index in [2.05, 4.69) is 37.5 Å². The fourth-order valence-electron chi connectivity index (χ4n) is 5.19. The molecule has 1 aliphatic heterocycles. The van der Waals surface area contributed by atoms with Crippen LogP contribution in [0.15, 0.2) is 36.9 Å². The lowest BCUT2D eigenvalue weighted by molar-refractivity contribution is -0.122. The number of carbonyl (C=O) groups is 1. The van der Waals surface area contributed by atoms with Gasteiger partial charge in [-0.1, -0.05) is 6.07 Å². The Bertz CT molecular complexity index is 1480. The number of aryl methyl sites for hydroxylation is 2. The first kappa shape index (κ1) is 22.7. The summed E-state index contributed by atoms with van der Waals surface area (Å²) in [6, 6.07) is 6.17. The molecule has 10 nitrogen and oxygen atoms in total. The quantitative estimate of drug-likeness (QED) is 0.428. The lowest BCUT2D eigenvalue weighted by Gasteiger charge is -2.39. The molecule has 6 rings (SSSR count). The summed E-state index contributed by atoms with van der Waals surface area (Å²) in [6.07, 6.45) is 7.15. The van der Waals surface area contributed by atoms with Gasteiger partial charge in [0.25, 0.3) is 0 Å². The van der Waals surface area contributed by atoms with Crippen LogP contribution in [0.4, 0.5) is 5.69 Å². The second-order valence-electron chi connectivity index (χ2n) is 9.60. The average Bonchev–Trinajstić information content (AvgIpc) is 3.36. The van der Waals surface area contributed by atoms with Crippen LogP contribution >= 0.6 is 0 Å². The SMILES string of the molecule is CCn1c(-c2cnc(C)nc2)nc2c(-c3ccc4c(c3)C(C)(NC3CC(OC)C3)C(=O)N4)ncnc21. The van der Waals surface area contributed by atoms with E-state index in [1.165, 1.54) is 0 Å². The lowest BCUT2D eigenvalue weighted by atomic mass is 9.84. The molecule has 36 heavy (non-hydrogen) atoms. The Balaban J connectivity index is 1.43. The Hall–Kier alpha value is -3.76. The summed E-state index contributed by atoms with van der Waals surface area (Å²) in [6.45, 7) is 6.53. The number of imidazole rings is 1. The van der Waals surface area contributed by atoms with E-state index in [-0.39, 0.29) is 18.1 Å². The molecule has 1 aliphatic carbocycles. The summed E-state index contributed by atoms with van der Waals surface area (Å²) in [4.78, 5) is 35.8. The number of amides is 1. The highest BCUT2D eigenvalue weighted by Gasteiger charge is 2.46. The maximum absolute atomic E-state index is 13.0. The van der Waals surface area contributed by atoms with E-state index in [1.807, 2.05) is 36.6 Å². The Morgan fingerprint density at radius 1 is 1.17 bits per heavy atom. The number of carbonyl (C=O) groups excluding carboxylic acids is 1. The average molecular weight is 485 g/mol. The number of hydrogen-bond acceptors (Lipinski definition) is 8. The van der Waals surface area contributed by atoms with Crippen molar-refractivity contribution in [3.05, 3.63) is 48.3 Å². The number of anilines is 1. The van der Waals surface area contributed by atoms with Crippen LogP contribution in [-0.4, -0.2) is 54.6 Å². The molecule has 3 aromatic heterocycles. The van der Waals surface area contributed by atoms with Gasteiger partial charge < -0.3 is 14.6 Å². The molecule has 2 N–H and O–H groups in total. The maximum Gasteiger partial charge on any atom is 0.249 e. The molecule has 184 valence electrons. The molecule has 0 spiro atoms. The van der Waals surface area contributed by atoms with E-state index in [1.54, 1.807) is 25.8 Å². The molecule has 1 atom stereocenters. The van der Waals surface area contributed by atoms with Crippen molar-refractivity contribution in [2.75, 3.05) is 12.4 Å². The number of hydrogen-bond donors (Lipinski definition) is 2. The molecule has 0 saturated heterocycles. The number of fused-ring (bicyclic) bond motifs is 2. The molecular formula is C26H28N8O2. The number of nitrogens with one attached hydrogen (secondary N) is 2. The highest BCUT2D eigenvalue weighted by atomic mass is 16.5.